The average molecular weight is 277 g/mol. The molecule has 0 aliphatic carbocycles. The molecule has 1 N–H and O–H groups in total. The van der Waals surface area contributed by atoms with Gasteiger partial charge < -0.3 is 0 Å². The molecule has 0 aliphatic heterocycles. The van der Waals surface area contributed by atoms with Crippen LogP contribution in [0.3, 0.4) is 0 Å². The standard InChI is InChI=1S/C8H6ClFN4O2S/c1-17(15,16)8-12-7(13-14-8)4-2-5(9)6(10)11-3-4/h2-3H,1H3,(H,12,13,14). The van der Waals surface area contributed by atoms with Crippen molar-refractivity contribution in [2.75, 3.05) is 6.26 Å². The van der Waals surface area contributed by atoms with Gasteiger partial charge in [0.2, 0.25) is 20.9 Å². The van der Waals surface area contributed by atoms with Crippen LogP contribution in [-0.4, -0.2) is 34.8 Å². The summed E-state index contributed by atoms with van der Waals surface area (Å²) >= 11 is 5.54. The number of aromatic amines is 1. The van der Waals surface area contributed by atoms with Crippen LogP contribution >= 0.6 is 11.6 Å². The Morgan fingerprint density at radius 2 is 2.18 bits per heavy atom. The average Bonchev–Trinajstić information content (AvgIpc) is 2.70. The van der Waals surface area contributed by atoms with Crippen molar-refractivity contribution in [3.05, 3.63) is 23.2 Å². The molecule has 0 bridgehead atoms. The minimum absolute atomic E-state index is 0.0832. The van der Waals surface area contributed by atoms with Crippen molar-refractivity contribution >= 4 is 21.4 Å². The molecule has 0 aliphatic rings. The molecule has 2 aromatic rings. The number of halogens is 2. The first-order valence-corrected chi connectivity index (χ1v) is 6.59. The summed E-state index contributed by atoms with van der Waals surface area (Å²) in [6.07, 6.45) is 2.16. The Morgan fingerprint density at radius 1 is 1.47 bits per heavy atom. The van der Waals surface area contributed by atoms with Crippen LogP contribution < -0.4 is 0 Å². The molecule has 2 rings (SSSR count). The molecule has 17 heavy (non-hydrogen) atoms. The van der Waals surface area contributed by atoms with Gasteiger partial charge in [0.05, 0.1) is 5.02 Å². The summed E-state index contributed by atoms with van der Waals surface area (Å²) in [5.74, 6) is -0.728. The Morgan fingerprint density at radius 3 is 2.71 bits per heavy atom. The highest BCUT2D eigenvalue weighted by atomic mass is 35.5. The second kappa shape index (κ2) is 4.04. The third-order valence-electron chi connectivity index (χ3n) is 1.87. The smallest absolute Gasteiger partial charge is 0.243 e. The third-order valence-corrected chi connectivity index (χ3v) is 3.02. The van der Waals surface area contributed by atoms with Gasteiger partial charge in [-0.2, -0.15) is 14.5 Å². The van der Waals surface area contributed by atoms with Crippen molar-refractivity contribution in [1.82, 2.24) is 20.2 Å². The topological polar surface area (TPSA) is 88.6 Å². The number of nitrogens with one attached hydrogen (secondary N) is 1. The first-order chi connectivity index (χ1) is 7.88. The second-order valence-electron chi connectivity index (χ2n) is 3.23. The predicted molar refractivity (Wildman–Crippen MR) is 57.7 cm³/mol. The molecule has 0 atom stereocenters. The van der Waals surface area contributed by atoms with Crippen LogP contribution in [0.4, 0.5) is 4.39 Å². The molecule has 0 radical (unpaired) electrons. The van der Waals surface area contributed by atoms with E-state index in [-0.39, 0.29) is 16.0 Å². The minimum atomic E-state index is -3.46. The molecule has 0 saturated heterocycles. The zero-order valence-electron chi connectivity index (χ0n) is 8.48. The number of hydrogen-bond acceptors (Lipinski definition) is 5. The summed E-state index contributed by atoms with van der Waals surface area (Å²) in [5, 5.41) is 5.49. The first-order valence-electron chi connectivity index (χ1n) is 4.32. The van der Waals surface area contributed by atoms with Gasteiger partial charge in [-0.25, -0.2) is 18.5 Å². The Labute approximate surface area is 101 Å². The fourth-order valence-electron chi connectivity index (χ4n) is 1.09. The lowest BCUT2D eigenvalue weighted by molar-refractivity contribution is 0.584. The van der Waals surface area contributed by atoms with E-state index in [1.807, 2.05) is 0 Å². The Kier molecular flexibility index (Phi) is 2.84. The lowest BCUT2D eigenvalue weighted by Gasteiger charge is -1.96. The summed E-state index contributed by atoms with van der Waals surface area (Å²) in [7, 11) is -3.46. The summed E-state index contributed by atoms with van der Waals surface area (Å²) < 4.78 is 35.1. The quantitative estimate of drug-likeness (QED) is 0.829. The van der Waals surface area contributed by atoms with E-state index in [1.165, 1.54) is 6.07 Å². The zero-order valence-corrected chi connectivity index (χ0v) is 10.0. The molecular formula is C8H6ClFN4O2S. The summed E-state index contributed by atoms with van der Waals surface area (Å²) in [5.41, 5.74) is 0.322. The van der Waals surface area contributed by atoms with Gasteiger partial charge >= 0.3 is 0 Å². The highest BCUT2D eigenvalue weighted by molar-refractivity contribution is 7.90. The molecule has 6 nitrogen and oxygen atoms in total. The van der Waals surface area contributed by atoms with Gasteiger partial charge in [0.1, 0.15) is 0 Å². The van der Waals surface area contributed by atoms with E-state index in [9.17, 15) is 12.8 Å². The fraction of sp³-hybridized carbons (Fsp3) is 0.125. The van der Waals surface area contributed by atoms with Crippen molar-refractivity contribution in [3.63, 3.8) is 0 Å². The van der Waals surface area contributed by atoms with E-state index in [4.69, 9.17) is 11.6 Å². The maximum atomic E-state index is 12.8. The maximum Gasteiger partial charge on any atom is 0.243 e. The summed E-state index contributed by atoms with van der Waals surface area (Å²) in [6, 6.07) is 1.26. The monoisotopic (exact) mass is 276 g/mol. The van der Waals surface area contributed by atoms with Gasteiger partial charge in [-0.15, -0.1) is 0 Å². The SMILES string of the molecule is CS(=O)(=O)c1nc(-c2cnc(F)c(Cl)c2)n[nH]1. The normalized spacial score (nSPS) is 11.7. The number of aromatic nitrogens is 4. The van der Waals surface area contributed by atoms with Gasteiger partial charge in [0.25, 0.3) is 0 Å². The van der Waals surface area contributed by atoms with Gasteiger partial charge in [-0.1, -0.05) is 11.6 Å². The lowest BCUT2D eigenvalue weighted by atomic mass is 10.3. The van der Waals surface area contributed by atoms with E-state index in [2.05, 4.69) is 20.2 Å². The number of hydrogen-bond donors (Lipinski definition) is 1. The van der Waals surface area contributed by atoms with Crippen LogP contribution in [0.25, 0.3) is 11.4 Å². The number of rotatable bonds is 2. The van der Waals surface area contributed by atoms with Crippen LogP contribution in [0, 0.1) is 5.95 Å². The van der Waals surface area contributed by atoms with Gasteiger partial charge in [-0.3, -0.25) is 0 Å². The molecule has 0 saturated carbocycles. The predicted octanol–water partition coefficient (Wildman–Crippen LogP) is 1.06. The second-order valence-corrected chi connectivity index (χ2v) is 5.57. The van der Waals surface area contributed by atoms with Gasteiger partial charge in [0, 0.05) is 18.0 Å². The highest BCUT2D eigenvalue weighted by Crippen LogP contribution is 2.20. The molecular weight excluding hydrogens is 271 g/mol. The van der Waals surface area contributed by atoms with Crippen molar-refractivity contribution in [2.45, 2.75) is 5.16 Å². The number of pyridine rings is 1. The number of sulfone groups is 1. The van der Waals surface area contributed by atoms with E-state index in [1.54, 1.807) is 0 Å². The van der Waals surface area contributed by atoms with Crippen molar-refractivity contribution in [3.8, 4) is 11.4 Å². The van der Waals surface area contributed by atoms with Gasteiger partial charge in [0.15, 0.2) is 5.82 Å². The van der Waals surface area contributed by atoms with Gasteiger partial charge in [-0.05, 0) is 6.07 Å². The highest BCUT2D eigenvalue weighted by Gasteiger charge is 2.15. The van der Waals surface area contributed by atoms with Crippen molar-refractivity contribution < 1.29 is 12.8 Å². The summed E-state index contributed by atoms with van der Waals surface area (Å²) in [6.45, 7) is 0. The van der Waals surface area contributed by atoms with E-state index >= 15 is 0 Å². The van der Waals surface area contributed by atoms with Crippen LogP contribution in [0.1, 0.15) is 0 Å². The molecule has 9 heteroatoms. The van der Waals surface area contributed by atoms with Crippen LogP contribution in [0.5, 0.6) is 0 Å². The molecule has 0 unspecified atom stereocenters. The molecule has 0 fully saturated rings. The largest absolute Gasteiger partial charge is 0.249 e. The minimum Gasteiger partial charge on any atom is -0.249 e. The summed E-state index contributed by atoms with van der Waals surface area (Å²) in [4.78, 5) is 7.13. The molecule has 2 heterocycles. The van der Waals surface area contributed by atoms with Crippen LogP contribution in [0.2, 0.25) is 5.02 Å². The number of nitrogens with zero attached hydrogens (tertiary/aromatic N) is 3. The zero-order chi connectivity index (χ0) is 12.6. The van der Waals surface area contributed by atoms with Crippen LogP contribution in [-0.2, 0) is 9.84 Å². The maximum absolute atomic E-state index is 12.8. The lowest BCUT2D eigenvalue weighted by Crippen LogP contribution is -1.99. The Balaban J connectivity index is 2.47. The Hall–Kier alpha value is -1.54. The first kappa shape index (κ1) is 11.9. The van der Waals surface area contributed by atoms with Crippen LogP contribution in [0.15, 0.2) is 17.4 Å². The molecule has 90 valence electrons. The van der Waals surface area contributed by atoms with Crippen molar-refractivity contribution in [1.29, 1.82) is 0 Å². The van der Waals surface area contributed by atoms with Crippen molar-refractivity contribution in [2.24, 2.45) is 0 Å². The third kappa shape index (κ3) is 2.42. The molecule has 0 spiro atoms. The molecule has 0 amide bonds. The van der Waals surface area contributed by atoms with E-state index in [0.29, 0.717) is 5.56 Å². The van der Waals surface area contributed by atoms with E-state index in [0.717, 1.165) is 12.5 Å². The van der Waals surface area contributed by atoms with E-state index < -0.39 is 15.8 Å². The number of H-pyrrole nitrogens is 1. The fourth-order valence-corrected chi connectivity index (χ4v) is 1.72. The molecule has 0 aromatic carbocycles. The molecule has 2 aromatic heterocycles. The Bertz CT molecular complexity index is 670.